The summed E-state index contributed by atoms with van der Waals surface area (Å²) in [5.41, 5.74) is 2.07. The molecule has 5 rings (SSSR count). The van der Waals surface area contributed by atoms with Crippen molar-refractivity contribution in [2.24, 2.45) is 0 Å². The molecule has 0 aliphatic carbocycles. The third-order valence-corrected chi connectivity index (χ3v) is 6.77. The Labute approximate surface area is 179 Å². The molecule has 0 radical (unpaired) electrons. The smallest absolute Gasteiger partial charge is 0.328 e. The topological polar surface area (TPSA) is 61.3 Å². The van der Waals surface area contributed by atoms with Crippen LogP contribution in [-0.2, 0) is 6.54 Å². The van der Waals surface area contributed by atoms with Crippen molar-refractivity contribution in [2.45, 2.75) is 44.8 Å². The van der Waals surface area contributed by atoms with Gasteiger partial charge in [-0.2, -0.15) is 0 Å². The van der Waals surface area contributed by atoms with Crippen molar-refractivity contribution in [1.82, 2.24) is 14.5 Å². The van der Waals surface area contributed by atoms with Crippen LogP contribution in [0.25, 0.3) is 10.9 Å². The minimum atomic E-state index is -0.480. The van der Waals surface area contributed by atoms with Crippen LogP contribution in [0.3, 0.4) is 0 Å². The van der Waals surface area contributed by atoms with Gasteiger partial charge in [0.05, 0.1) is 10.9 Å². The van der Waals surface area contributed by atoms with Crippen LogP contribution >= 0.6 is 0 Å². The number of anilines is 1. The summed E-state index contributed by atoms with van der Waals surface area (Å²) in [4.78, 5) is 32.8. The van der Waals surface area contributed by atoms with Crippen molar-refractivity contribution in [3.63, 3.8) is 0 Å². The van der Waals surface area contributed by atoms with Gasteiger partial charge in [0.25, 0.3) is 5.56 Å². The van der Waals surface area contributed by atoms with Crippen LogP contribution in [-0.4, -0.2) is 46.2 Å². The molecule has 2 unspecified atom stereocenters. The summed E-state index contributed by atoms with van der Waals surface area (Å²) in [6.45, 7) is 5.31. The van der Waals surface area contributed by atoms with E-state index in [4.69, 9.17) is 0 Å². The van der Waals surface area contributed by atoms with Gasteiger partial charge in [-0.05, 0) is 56.5 Å². The maximum atomic E-state index is 13.6. The van der Waals surface area contributed by atoms with E-state index in [-0.39, 0.29) is 5.39 Å². The molecule has 1 aromatic heterocycles. The van der Waals surface area contributed by atoms with E-state index in [0.29, 0.717) is 30.6 Å². The minimum Gasteiger partial charge on any atom is -0.368 e. The summed E-state index contributed by atoms with van der Waals surface area (Å²) >= 11 is 0. The minimum absolute atomic E-state index is 0.214. The monoisotopic (exact) mass is 422 g/mol. The third-order valence-electron chi connectivity index (χ3n) is 6.77. The van der Waals surface area contributed by atoms with Crippen molar-refractivity contribution in [3.8, 4) is 0 Å². The van der Waals surface area contributed by atoms with Crippen molar-refractivity contribution >= 4 is 16.6 Å². The number of aryl methyl sites for hydroxylation is 1. The van der Waals surface area contributed by atoms with Gasteiger partial charge in [-0.3, -0.25) is 14.3 Å². The van der Waals surface area contributed by atoms with Gasteiger partial charge < -0.3 is 9.88 Å². The van der Waals surface area contributed by atoms with Crippen LogP contribution in [0, 0.1) is 12.7 Å². The van der Waals surface area contributed by atoms with Gasteiger partial charge in [-0.1, -0.05) is 17.7 Å². The molecule has 3 heterocycles. The first-order valence-electron chi connectivity index (χ1n) is 11.0. The predicted molar refractivity (Wildman–Crippen MR) is 120 cm³/mol. The van der Waals surface area contributed by atoms with E-state index in [0.717, 1.165) is 19.6 Å². The van der Waals surface area contributed by atoms with E-state index < -0.39 is 17.1 Å². The molecule has 162 valence electrons. The lowest BCUT2D eigenvalue weighted by Crippen LogP contribution is -2.54. The molecule has 0 saturated carbocycles. The van der Waals surface area contributed by atoms with Gasteiger partial charge in [-0.25, -0.2) is 9.18 Å². The zero-order chi connectivity index (χ0) is 21.5. The third kappa shape index (κ3) is 3.78. The Balaban J connectivity index is 1.26. The van der Waals surface area contributed by atoms with Crippen molar-refractivity contribution in [1.29, 1.82) is 0 Å². The number of nitrogens with one attached hydrogen (secondary N) is 1. The van der Waals surface area contributed by atoms with E-state index in [2.05, 4.69) is 46.0 Å². The van der Waals surface area contributed by atoms with E-state index >= 15 is 0 Å². The molecule has 31 heavy (non-hydrogen) atoms. The number of piperazine rings is 1. The van der Waals surface area contributed by atoms with Crippen LogP contribution < -0.4 is 16.1 Å². The van der Waals surface area contributed by atoms with Crippen molar-refractivity contribution in [2.75, 3.05) is 24.5 Å². The first-order chi connectivity index (χ1) is 15.0. The highest BCUT2D eigenvalue weighted by atomic mass is 19.1. The lowest BCUT2D eigenvalue weighted by Gasteiger charge is -2.42. The van der Waals surface area contributed by atoms with Gasteiger partial charge in [0, 0.05) is 44.0 Å². The normalized spacial score (nSPS) is 21.2. The summed E-state index contributed by atoms with van der Waals surface area (Å²) in [6, 6.07) is 13.6. The molecule has 2 aliphatic rings. The molecule has 2 fully saturated rings. The highest BCUT2D eigenvalue weighted by Crippen LogP contribution is 2.32. The van der Waals surface area contributed by atoms with Gasteiger partial charge in [0.2, 0.25) is 0 Å². The molecule has 1 N–H and O–H groups in total. The van der Waals surface area contributed by atoms with Crippen LogP contribution in [0.5, 0.6) is 0 Å². The molecule has 2 bridgehead atoms. The number of fused-ring (bicyclic) bond motifs is 3. The molecule has 2 atom stereocenters. The standard InChI is InChI=1S/C24H27FN4O2/c1-16-3-6-18(7-4-16)27-14-19-8-9-20(15-27)28(19)11-2-12-29-23(30)21-13-17(25)5-10-22(21)26-24(29)31/h3-7,10,13,19-20H,2,8-9,11-12,14-15H2,1H3,(H,26,31). The predicted octanol–water partition coefficient (Wildman–Crippen LogP) is 2.88. The quantitative estimate of drug-likeness (QED) is 0.687. The molecule has 2 aliphatic heterocycles. The maximum absolute atomic E-state index is 13.6. The summed E-state index contributed by atoms with van der Waals surface area (Å²) in [5.74, 6) is -0.480. The molecule has 0 spiro atoms. The molecule has 3 aromatic rings. The number of aromatic amines is 1. The number of hydrogen-bond acceptors (Lipinski definition) is 4. The Morgan fingerprint density at radius 1 is 1.00 bits per heavy atom. The summed E-state index contributed by atoms with van der Waals surface area (Å²) in [7, 11) is 0. The van der Waals surface area contributed by atoms with E-state index in [1.165, 1.54) is 46.9 Å². The van der Waals surface area contributed by atoms with Crippen molar-refractivity contribution in [3.05, 3.63) is 74.7 Å². The Hall–Kier alpha value is -2.93. The molecular weight excluding hydrogens is 395 g/mol. The molecular formula is C24H27FN4O2. The van der Waals surface area contributed by atoms with Gasteiger partial charge >= 0.3 is 5.69 Å². The number of H-pyrrole nitrogens is 1. The van der Waals surface area contributed by atoms with E-state index in [1.54, 1.807) is 0 Å². The maximum Gasteiger partial charge on any atom is 0.328 e. The van der Waals surface area contributed by atoms with Crippen LogP contribution in [0.15, 0.2) is 52.1 Å². The summed E-state index contributed by atoms with van der Waals surface area (Å²) < 4.78 is 14.8. The van der Waals surface area contributed by atoms with Gasteiger partial charge in [-0.15, -0.1) is 0 Å². The molecule has 2 aromatic carbocycles. The average molecular weight is 423 g/mol. The fraction of sp³-hybridized carbons (Fsp3) is 0.417. The lowest BCUT2D eigenvalue weighted by atomic mass is 10.1. The Morgan fingerprint density at radius 2 is 1.71 bits per heavy atom. The first kappa shape index (κ1) is 20.0. The highest BCUT2D eigenvalue weighted by molar-refractivity contribution is 5.77. The van der Waals surface area contributed by atoms with E-state index in [1.807, 2.05) is 0 Å². The second kappa shape index (κ2) is 7.96. The number of rotatable bonds is 5. The van der Waals surface area contributed by atoms with Crippen LogP contribution in [0.2, 0.25) is 0 Å². The van der Waals surface area contributed by atoms with Gasteiger partial charge in [0.1, 0.15) is 5.82 Å². The number of nitrogens with zero attached hydrogens (tertiary/aromatic N) is 3. The molecule has 0 amide bonds. The number of aromatic nitrogens is 2. The second-order valence-corrected chi connectivity index (χ2v) is 8.79. The number of hydrogen-bond donors (Lipinski definition) is 1. The SMILES string of the molecule is Cc1ccc(N2CC3CCC(C2)N3CCCn2c(=O)[nH]c3ccc(F)cc3c2=O)cc1. The van der Waals surface area contributed by atoms with Crippen LogP contribution in [0.1, 0.15) is 24.8 Å². The largest absolute Gasteiger partial charge is 0.368 e. The van der Waals surface area contributed by atoms with Gasteiger partial charge in [0.15, 0.2) is 0 Å². The molecule has 2 saturated heterocycles. The second-order valence-electron chi connectivity index (χ2n) is 8.79. The Morgan fingerprint density at radius 3 is 2.42 bits per heavy atom. The molecule has 7 heteroatoms. The average Bonchev–Trinajstić information content (AvgIpc) is 2.98. The number of halogens is 1. The van der Waals surface area contributed by atoms with Crippen molar-refractivity contribution < 1.29 is 4.39 Å². The Kier molecular flexibility index (Phi) is 5.14. The lowest BCUT2D eigenvalue weighted by molar-refractivity contribution is 0.164. The zero-order valence-corrected chi connectivity index (χ0v) is 17.7. The number of benzene rings is 2. The Bertz CT molecular complexity index is 1200. The molecule has 6 nitrogen and oxygen atoms in total. The summed E-state index contributed by atoms with van der Waals surface area (Å²) in [6.07, 6.45) is 3.08. The fourth-order valence-corrected chi connectivity index (χ4v) is 5.16. The fourth-order valence-electron chi connectivity index (χ4n) is 5.16. The zero-order valence-electron chi connectivity index (χ0n) is 17.7. The first-order valence-corrected chi connectivity index (χ1v) is 11.0. The summed E-state index contributed by atoms with van der Waals surface area (Å²) in [5, 5.41) is 0.214. The van der Waals surface area contributed by atoms with Crippen LogP contribution in [0.4, 0.5) is 10.1 Å². The highest BCUT2D eigenvalue weighted by Gasteiger charge is 2.39. The van der Waals surface area contributed by atoms with E-state index in [9.17, 15) is 14.0 Å².